The minimum absolute atomic E-state index is 0.422. The Morgan fingerprint density at radius 1 is 1.04 bits per heavy atom. The Morgan fingerprint density at radius 2 is 1.65 bits per heavy atom. The fourth-order valence-corrected chi connectivity index (χ4v) is 2.64. The third-order valence-electron chi connectivity index (χ3n) is 3.53. The number of nitrogens with zero attached hydrogens (tertiary/aromatic N) is 2. The number of hydrogen-bond acceptors (Lipinski definition) is 3. The number of nitrogens with one attached hydrogen (secondary N) is 1. The summed E-state index contributed by atoms with van der Waals surface area (Å²) in [6.07, 6.45) is 0. The Morgan fingerprint density at radius 3 is 2.26 bits per heavy atom. The quantitative estimate of drug-likeness (QED) is 0.671. The maximum atomic E-state index is 6.61. The number of hydrazone groups is 2. The minimum atomic E-state index is 0.422. The maximum Gasteiger partial charge on any atom is 0.176 e. The van der Waals surface area contributed by atoms with E-state index in [1.807, 2.05) is 60.7 Å². The van der Waals surface area contributed by atoms with Crippen LogP contribution in [0.1, 0.15) is 11.1 Å². The summed E-state index contributed by atoms with van der Waals surface area (Å²) in [5.74, 6) is 5.89. The molecular weight excluding hydrogens is 308 g/mol. The van der Waals surface area contributed by atoms with Gasteiger partial charge >= 0.3 is 0 Å². The molecule has 5 heteroatoms. The highest BCUT2D eigenvalue weighted by Gasteiger charge is 2.26. The molecule has 0 fully saturated rings. The molecule has 0 saturated carbocycles. The number of amidine groups is 1. The van der Waals surface area contributed by atoms with Gasteiger partial charge in [-0.15, -0.1) is 0 Å². The first kappa shape index (κ1) is 15.1. The lowest BCUT2D eigenvalue weighted by molar-refractivity contribution is 1.03. The van der Waals surface area contributed by atoms with Crippen molar-refractivity contribution in [1.29, 1.82) is 0 Å². The number of allylic oxidation sites excluding steroid dienone is 2. The molecule has 4 nitrogen and oxygen atoms in total. The number of nitrogens with two attached hydrogens (primary N) is 1. The highest BCUT2D eigenvalue weighted by molar-refractivity contribution is 6.46. The van der Waals surface area contributed by atoms with E-state index in [-0.39, 0.29) is 0 Å². The Balaban J connectivity index is 2.09. The van der Waals surface area contributed by atoms with E-state index >= 15 is 0 Å². The minimum Gasteiger partial charge on any atom is -0.321 e. The standard InChI is InChI=1S/C18H15ClN4/c1-12(13-8-4-2-5-9-13)16(19)15-17(22-23-18(15)21-20)14-10-6-3-7-11-14/h2-11H,1,20H2,(H,21,23)/b16-15+. The predicted octanol–water partition coefficient (Wildman–Crippen LogP) is 3.47. The van der Waals surface area contributed by atoms with Gasteiger partial charge in [-0.05, 0) is 11.1 Å². The van der Waals surface area contributed by atoms with Gasteiger partial charge < -0.3 is 5.84 Å². The fraction of sp³-hybridized carbons (Fsp3) is 0. The van der Waals surface area contributed by atoms with Crippen molar-refractivity contribution in [3.05, 3.63) is 89.0 Å². The van der Waals surface area contributed by atoms with Crippen LogP contribution in [0.25, 0.3) is 5.57 Å². The van der Waals surface area contributed by atoms with Crippen LogP contribution in [0.4, 0.5) is 0 Å². The van der Waals surface area contributed by atoms with E-state index in [1.54, 1.807) is 0 Å². The summed E-state index contributed by atoms with van der Waals surface area (Å²) in [5, 5.41) is 8.52. The van der Waals surface area contributed by atoms with E-state index in [0.29, 0.717) is 27.7 Å². The van der Waals surface area contributed by atoms with E-state index in [0.717, 1.165) is 11.1 Å². The van der Waals surface area contributed by atoms with Crippen LogP contribution in [-0.4, -0.2) is 11.5 Å². The zero-order valence-electron chi connectivity index (χ0n) is 12.3. The van der Waals surface area contributed by atoms with Gasteiger partial charge in [0.25, 0.3) is 0 Å². The molecule has 0 saturated heterocycles. The number of hydrogen-bond donors (Lipinski definition) is 2. The highest BCUT2D eigenvalue weighted by Crippen LogP contribution is 2.30. The molecule has 2 aromatic rings. The second kappa shape index (κ2) is 6.50. The molecule has 0 unspecified atom stereocenters. The topological polar surface area (TPSA) is 62.8 Å². The highest BCUT2D eigenvalue weighted by atomic mass is 35.5. The van der Waals surface area contributed by atoms with Crippen LogP contribution in [0.5, 0.6) is 0 Å². The average molecular weight is 323 g/mol. The monoisotopic (exact) mass is 322 g/mol. The van der Waals surface area contributed by atoms with Crippen molar-refractivity contribution in [2.45, 2.75) is 0 Å². The largest absolute Gasteiger partial charge is 0.321 e. The number of halogens is 1. The van der Waals surface area contributed by atoms with Crippen molar-refractivity contribution in [3.8, 4) is 0 Å². The van der Waals surface area contributed by atoms with Crippen LogP contribution in [0.3, 0.4) is 0 Å². The van der Waals surface area contributed by atoms with Crippen LogP contribution in [0, 0.1) is 0 Å². The van der Waals surface area contributed by atoms with Crippen molar-refractivity contribution in [3.63, 3.8) is 0 Å². The van der Waals surface area contributed by atoms with Gasteiger partial charge in [0, 0.05) is 5.56 Å². The molecule has 3 rings (SSSR count). The van der Waals surface area contributed by atoms with E-state index in [1.165, 1.54) is 0 Å². The molecular formula is C18H15ClN4. The van der Waals surface area contributed by atoms with Gasteiger partial charge in [-0.2, -0.15) is 10.2 Å². The fourth-order valence-electron chi connectivity index (χ4n) is 2.36. The van der Waals surface area contributed by atoms with Gasteiger partial charge in [-0.3, -0.25) is 5.43 Å². The maximum absolute atomic E-state index is 6.61. The molecule has 0 bridgehead atoms. The zero-order valence-corrected chi connectivity index (χ0v) is 13.1. The molecule has 2 aromatic carbocycles. The first-order chi connectivity index (χ1) is 11.2. The van der Waals surface area contributed by atoms with Crippen molar-refractivity contribution >= 4 is 28.7 Å². The summed E-state index contributed by atoms with van der Waals surface area (Å²) in [6, 6.07) is 19.4. The summed E-state index contributed by atoms with van der Waals surface area (Å²) >= 11 is 6.61. The molecule has 0 amide bonds. The Bertz CT molecular complexity index is 821. The van der Waals surface area contributed by atoms with Crippen molar-refractivity contribution in [2.24, 2.45) is 16.0 Å². The number of rotatable bonds is 3. The van der Waals surface area contributed by atoms with Gasteiger partial charge in [-0.1, -0.05) is 78.8 Å². The molecule has 1 heterocycles. The third kappa shape index (κ3) is 2.89. The lowest BCUT2D eigenvalue weighted by atomic mass is 9.98. The summed E-state index contributed by atoms with van der Waals surface area (Å²) < 4.78 is 0. The zero-order chi connectivity index (χ0) is 16.2. The van der Waals surface area contributed by atoms with Gasteiger partial charge in [0.15, 0.2) is 5.84 Å². The SMILES string of the molecule is C=C(/C(Cl)=C1/C(c2ccccc2)=NN/C1=N/N)c1ccccc1. The van der Waals surface area contributed by atoms with Crippen LogP contribution < -0.4 is 11.3 Å². The lowest BCUT2D eigenvalue weighted by Crippen LogP contribution is -2.18. The van der Waals surface area contributed by atoms with Gasteiger partial charge in [0.05, 0.1) is 10.6 Å². The van der Waals surface area contributed by atoms with Crippen molar-refractivity contribution in [1.82, 2.24) is 5.43 Å². The Kier molecular flexibility index (Phi) is 4.26. The van der Waals surface area contributed by atoms with E-state index in [4.69, 9.17) is 17.4 Å². The second-order valence-corrected chi connectivity index (χ2v) is 5.33. The van der Waals surface area contributed by atoms with Crippen molar-refractivity contribution < 1.29 is 0 Å². The summed E-state index contributed by atoms with van der Waals surface area (Å²) in [4.78, 5) is 0. The smallest absolute Gasteiger partial charge is 0.176 e. The van der Waals surface area contributed by atoms with E-state index < -0.39 is 0 Å². The van der Waals surface area contributed by atoms with Crippen LogP contribution in [-0.2, 0) is 0 Å². The molecule has 1 aliphatic heterocycles. The molecule has 23 heavy (non-hydrogen) atoms. The third-order valence-corrected chi connectivity index (χ3v) is 3.95. The molecule has 0 aromatic heterocycles. The molecule has 3 N–H and O–H groups in total. The second-order valence-electron chi connectivity index (χ2n) is 4.95. The first-order valence-corrected chi connectivity index (χ1v) is 7.42. The van der Waals surface area contributed by atoms with E-state index in [9.17, 15) is 0 Å². The normalized spacial score (nSPS) is 17.6. The average Bonchev–Trinajstić information content (AvgIpc) is 3.06. The predicted molar refractivity (Wildman–Crippen MR) is 96.1 cm³/mol. The van der Waals surface area contributed by atoms with Crippen molar-refractivity contribution in [2.75, 3.05) is 0 Å². The van der Waals surface area contributed by atoms with Gasteiger partial charge in [0.2, 0.25) is 0 Å². The molecule has 0 radical (unpaired) electrons. The first-order valence-electron chi connectivity index (χ1n) is 7.04. The van der Waals surface area contributed by atoms with Crippen LogP contribution in [0.2, 0.25) is 0 Å². The number of benzene rings is 2. The summed E-state index contributed by atoms with van der Waals surface area (Å²) in [5.41, 5.74) is 6.71. The Labute approximate surface area is 139 Å². The van der Waals surface area contributed by atoms with Crippen LogP contribution in [0.15, 0.2) is 88.1 Å². The molecule has 0 atom stereocenters. The van der Waals surface area contributed by atoms with Gasteiger partial charge in [-0.25, -0.2) is 0 Å². The molecule has 1 aliphatic rings. The summed E-state index contributed by atoms with van der Waals surface area (Å²) in [7, 11) is 0. The lowest BCUT2D eigenvalue weighted by Gasteiger charge is -2.10. The van der Waals surface area contributed by atoms with Crippen LogP contribution >= 0.6 is 11.6 Å². The molecule has 0 spiro atoms. The molecule has 114 valence electrons. The Hall–Kier alpha value is -2.85. The molecule has 0 aliphatic carbocycles. The van der Waals surface area contributed by atoms with Gasteiger partial charge in [0.1, 0.15) is 5.71 Å². The van der Waals surface area contributed by atoms with E-state index in [2.05, 4.69) is 22.2 Å². The summed E-state index contributed by atoms with van der Waals surface area (Å²) in [6.45, 7) is 4.10.